The van der Waals surface area contributed by atoms with Crippen molar-refractivity contribution in [3.8, 4) is 0 Å². The molecule has 0 aliphatic carbocycles. The zero-order valence-corrected chi connectivity index (χ0v) is 29.9. The number of anilines is 3. The summed E-state index contributed by atoms with van der Waals surface area (Å²) in [5, 5.41) is 10.4. The van der Waals surface area contributed by atoms with Crippen molar-refractivity contribution in [2.24, 2.45) is 0 Å². The molecule has 13 aromatic rings. The predicted molar refractivity (Wildman–Crippen MR) is 230 cm³/mol. The zero-order chi connectivity index (χ0) is 34.4. The van der Waals surface area contributed by atoms with Gasteiger partial charge in [0.25, 0.3) is 0 Å². The third kappa shape index (κ3) is 3.67. The fourth-order valence-electron chi connectivity index (χ4n) is 9.17. The van der Waals surface area contributed by atoms with Crippen LogP contribution in [0.5, 0.6) is 0 Å². The molecule has 0 N–H and O–H groups in total. The summed E-state index contributed by atoms with van der Waals surface area (Å²) < 4.78 is 10.2. The van der Waals surface area contributed by atoms with Crippen molar-refractivity contribution < 1.29 is 0 Å². The second kappa shape index (κ2) is 10.1. The second-order valence-electron chi connectivity index (χ2n) is 14.1. The molecule has 0 saturated carbocycles. The minimum absolute atomic E-state index is 1.13. The number of fused-ring (bicyclic) bond motifs is 15. The van der Waals surface area contributed by atoms with Crippen LogP contribution < -0.4 is 4.90 Å². The Labute approximate surface area is 310 Å². The van der Waals surface area contributed by atoms with Gasteiger partial charge < -0.3 is 13.7 Å². The van der Waals surface area contributed by atoms with Crippen molar-refractivity contribution in [2.45, 2.75) is 0 Å². The molecule has 0 spiro atoms. The van der Waals surface area contributed by atoms with Gasteiger partial charge in [-0.2, -0.15) is 0 Å². The fraction of sp³-hybridized carbons (Fsp3) is 0. The fourth-order valence-corrected chi connectivity index (χ4v) is 11.5. The first-order valence-electron chi connectivity index (χ1n) is 18.0. The van der Waals surface area contributed by atoms with Gasteiger partial charge in [-0.3, -0.25) is 0 Å². The average Bonchev–Trinajstić information content (AvgIpc) is 3.95. The van der Waals surface area contributed by atoms with E-state index in [0.29, 0.717) is 0 Å². The summed E-state index contributed by atoms with van der Waals surface area (Å²) >= 11 is 3.74. The highest BCUT2D eigenvalue weighted by Gasteiger charge is 2.23. The van der Waals surface area contributed by atoms with Gasteiger partial charge in [-0.1, -0.05) is 97.1 Å². The molecule has 0 saturated heterocycles. The van der Waals surface area contributed by atoms with Crippen molar-refractivity contribution in [3.05, 3.63) is 164 Å². The van der Waals surface area contributed by atoms with Crippen molar-refractivity contribution in [3.63, 3.8) is 0 Å². The van der Waals surface area contributed by atoms with E-state index in [0.717, 1.165) is 17.1 Å². The van der Waals surface area contributed by atoms with E-state index < -0.39 is 0 Å². The molecular formula is C48H27N3S2. The van der Waals surface area contributed by atoms with Gasteiger partial charge in [0.2, 0.25) is 0 Å². The molecule has 13 rings (SSSR count). The van der Waals surface area contributed by atoms with Gasteiger partial charge in [-0.05, 0) is 66.7 Å². The number of thiophene rings is 2. The number of hydrogen-bond donors (Lipinski definition) is 0. The highest BCUT2D eigenvalue weighted by Crippen LogP contribution is 2.46. The van der Waals surface area contributed by atoms with Gasteiger partial charge in [0.05, 0.1) is 33.1 Å². The minimum atomic E-state index is 1.13. The molecule has 0 fully saturated rings. The van der Waals surface area contributed by atoms with Crippen LogP contribution in [0.3, 0.4) is 0 Å². The van der Waals surface area contributed by atoms with Crippen LogP contribution in [-0.2, 0) is 0 Å². The van der Waals surface area contributed by atoms with Gasteiger partial charge in [0.15, 0.2) is 0 Å². The van der Waals surface area contributed by atoms with Crippen molar-refractivity contribution in [2.75, 3.05) is 4.90 Å². The number of para-hydroxylation sites is 2. The number of hydrogen-bond acceptors (Lipinski definition) is 3. The molecule has 0 aliphatic rings. The highest BCUT2D eigenvalue weighted by atomic mass is 32.1. The van der Waals surface area contributed by atoms with E-state index in [9.17, 15) is 0 Å². The summed E-state index contributed by atoms with van der Waals surface area (Å²) in [6.07, 6.45) is 0. The maximum absolute atomic E-state index is 2.52. The molecule has 0 radical (unpaired) electrons. The summed E-state index contributed by atoms with van der Waals surface area (Å²) in [5.74, 6) is 0. The normalized spacial score (nSPS) is 12.5. The Bertz CT molecular complexity index is 3540. The monoisotopic (exact) mass is 709 g/mol. The Kier molecular flexibility index (Phi) is 5.40. The van der Waals surface area contributed by atoms with Crippen molar-refractivity contribution in [1.29, 1.82) is 0 Å². The van der Waals surface area contributed by atoms with Gasteiger partial charge in [0, 0.05) is 79.0 Å². The standard InChI is InChI=1S/C48H27N3S2/c1-5-13-39-31(9-1)37-22-23-38-32-10-2-6-14-40(32)51-42-25-28(19-24-41(42)50(39)47(37)48(38)51)49(29-17-20-35-33-11-3-7-15-43(33)52-45(35)26-29)30-18-21-36-34-12-4-8-16-44(34)53-46(36)27-30/h1-27H. The Morgan fingerprint density at radius 1 is 0.302 bits per heavy atom. The lowest BCUT2D eigenvalue weighted by molar-refractivity contribution is 1.24. The Balaban J connectivity index is 1.15. The first kappa shape index (κ1) is 28.2. The Morgan fingerprint density at radius 3 is 1.28 bits per heavy atom. The first-order chi connectivity index (χ1) is 26.3. The van der Waals surface area contributed by atoms with Crippen LogP contribution in [0.15, 0.2) is 164 Å². The van der Waals surface area contributed by atoms with Crippen molar-refractivity contribution >= 4 is 135 Å². The SMILES string of the molecule is c1ccc2c(c1)sc1cc(N(c3ccc4c(c3)sc3ccccc34)c3ccc4c(c3)n3c5ccccc5c5ccc6c7ccccc7n4c6c53)ccc12. The molecule has 0 amide bonds. The summed E-state index contributed by atoms with van der Waals surface area (Å²) in [5.41, 5.74) is 10.8. The minimum Gasteiger partial charge on any atom is -0.310 e. The lowest BCUT2D eigenvalue weighted by Gasteiger charge is -2.26. The molecule has 8 aromatic carbocycles. The van der Waals surface area contributed by atoms with Crippen LogP contribution >= 0.6 is 22.7 Å². The third-order valence-electron chi connectivity index (χ3n) is 11.4. The molecule has 5 heterocycles. The lowest BCUT2D eigenvalue weighted by atomic mass is 10.1. The number of rotatable bonds is 3. The molecule has 53 heavy (non-hydrogen) atoms. The molecule has 3 nitrogen and oxygen atoms in total. The van der Waals surface area contributed by atoms with Gasteiger partial charge in [0.1, 0.15) is 0 Å². The van der Waals surface area contributed by atoms with E-state index in [1.165, 1.54) is 95.0 Å². The zero-order valence-electron chi connectivity index (χ0n) is 28.2. The molecule has 5 heteroatoms. The molecular weight excluding hydrogens is 683 g/mol. The third-order valence-corrected chi connectivity index (χ3v) is 13.7. The molecule has 0 atom stereocenters. The quantitative estimate of drug-likeness (QED) is 0.166. The average molecular weight is 710 g/mol. The second-order valence-corrected chi connectivity index (χ2v) is 16.3. The predicted octanol–water partition coefficient (Wildman–Crippen LogP) is 14.4. The number of aromatic nitrogens is 2. The largest absolute Gasteiger partial charge is 0.310 e. The number of benzene rings is 8. The smallest absolute Gasteiger partial charge is 0.0789 e. The summed E-state index contributed by atoms with van der Waals surface area (Å²) in [4.78, 5) is 2.46. The van der Waals surface area contributed by atoms with Crippen LogP contribution in [0, 0.1) is 0 Å². The molecule has 5 aromatic heterocycles. The van der Waals surface area contributed by atoms with E-state index in [2.05, 4.69) is 177 Å². The van der Waals surface area contributed by atoms with Crippen LogP contribution in [0.4, 0.5) is 17.1 Å². The van der Waals surface area contributed by atoms with E-state index >= 15 is 0 Å². The molecule has 0 bridgehead atoms. The van der Waals surface area contributed by atoms with Gasteiger partial charge >= 0.3 is 0 Å². The molecule has 246 valence electrons. The lowest BCUT2D eigenvalue weighted by Crippen LogP contribution is -2.10. The maximum atomic E-state index is 2.52. The van der Waals surface area contributed by atoms with Gasteiger partial charge in [-0.25, -0.2) is 0 Å². The summed E-state index contributed by atoms with van der Waals surface area (Å²) in [7, 11) is 0. The molecule has 0 aliphatic heterocycles. The number of nitrogens with zero attached hydrogens (tertiary/aromatic N) is 3. The molecule has 0 unspecified atom stereocenters. The van der Waals surface area contributed by atoms with Gasteiger partial charge in [-0.15, -0.1) is 22.7 Å². The van der Waals surface area contributed by atoms with Crippen molar-refractivity contribution in [1.82, 2.24) is 8.80 Å². The Hall–Kier alpha value is -6.40. The van der Waals surface area contributed by atoms with Crippen LogP contribution in [0.1, 0.15) is 0 Å². The first-order valence-corrected chi connectivity index (χ1v) is 19.6. The van der Waals surface area contributed by atoms with Crippen LogP contribution in [0.25, 0.3) is 95.0 Å². The Morgan fingerprint density at radius 2 is 0.717 bits per heavy atom. The topological polar surface area (TPSA) is 12.1 Å². The van der Waals surface area contributed by atoms with E-state index in [1.54, 1.807) is 0 Å². The van der Waals surface area contributed by atoms with E-state index in [1.807, 2.05) is 22.7 Å². The summed E-state index contributed by atoms with van der Waals surface area (Å²) in [6.45, 7) is 0. The highest BCUT2D eigenvalue weighted by molar-refractivity contribution is 7.26. The van der Waals surface area contributed by atoms with Crippen LogP contribution in [-0.4, -0.2) is 8.80 Å². The maximum Gasteiger partial charge on any atom is 0.0789 e. The van der Waals surface area contributed by atoms with Crippen LogP contribution in [0.2, 0.25) is 0 Å². The van der Waals surface area contributed by atoms with E-state index in [-0.39, 0.29) is 0 Å². The summed E-state index contributed by atoms with van der Waals surface area (Å²) in [6, 6.07) is 61.0. The van der Waals surface area contributed by atoms with E-state index in [4.69, 9.17) is 0 Å².